The minimum atomic E-state index is 0.715. The highest BCUT2D eigenvalue weighted by atomic mass is 16.3. The molecule has 0 aliphatic heterocycles. The van der Waals surface area contributed by atoms with Crippen molar-refractivity contribution in [2.45, 2.75) is 34.6 Å². The number of fused-ring (bicyclic) bond motifs is 6. The van der Waals surface area contributed by atoms with Crippen LogP contribution in [-0.2, 0) is 7.05 Å². The maximum atomic E-state index is 5.64. The van der Waals surface area contributed by atoms with Crippen molar-refractivity contribution in [2.24, 2.45) is 7.05 Å². The van der Waals surface area contributed by atoms with Gasteiger partial charge in [0.2, 0.25) is 0 Å². The molecule has 4 aromatic carbocycles. The van der Waals surface area contributed by atoms with E-state index in [0.29, 0.717) is 11.6 Å². The number of aryl methyl sites for hydroxylation is 6. The van der Waals surface area contributed by atoms with Gasteiger partial charge in [-0.1, -0.05) is 96.6 Å². The average molecular weight is 894 g/mol. The average Bonchev–Trinajstić information content (AvgIpc) is 3.90. The van der Waals surface area contributed by atoms with Gasteiger partial charge in [0, 0.05) is 83.7 Å². The molecule has 12 nitrogen and oxygen atoms in total. The van der Waals surface area contributed by atoms with E-state index in [1.54, 1.807) is 37.2 Å². The lowest BCUT2D eigenvalue weighted by molar-refractivity contribution is 0.668. The summed E-state index contributed by atoms with van der Waals surface area (Å²) < 4.78 is 7.82. The lowest BCUT2D eigenvalue weighted by atomic mass is 10.2. The summed E-state index contributed by atoms with van der Waals surface area (Å²) in [5, 5.41) is 2.33. The molecule has 0 atom stereocenters. The number of nitrogens with zero attached hydrogens (tertiary/aromatic N) is 11. The Hall–Kier alpha value is -8.90. The maximum Gasteiger partial charge on any atom is 0.163 e. The second-order valence-corrected chi connectivity index (χ2v) is 15.3. The van der Waals surface area contributed by atoms with Gasteiger partial charge in [-0.25, -0.2) is 24.9 Å². The van der Waals surface area contributed by atoms with Gasteiger partial charge >= 0.3 is 0 Å². The zero-order valence-electron chi connectivity index (χ0n) is 38.9. The van der Waals surface area contributed by atoms with Crippen molar-refractivity contribution in [2.75, 3.05) is 0 Å². The largest absolute Gasteiger partial charge is 0.454 e. The highest BCUT2D eigenvalue weighted by molar-refractivity contribution is 6.05. The second kappa shape index (κ2) is 23.9. The molecule has 0 bridgehead atoms. The Morgan fingerprint density at radius 3 is 1.60 bits per heavy atom. The van der Waals surface area contributed by atoms with E-state index in [-0.39, 0.29) is 0 Å². The van der Waals surface area contributed by atoms with E-state index in [1.807, 2.05) is 149 Å². The topological polar surface area (TPSA) is 147 Å². The van der Waals surface area contributed by atoms with Crippen molar-refractivity contribution in [3.05, 3.63) is 230 Å². The summed E-state index contributed by atoms with van der Waals surface area (Å²) in [6.07, 6.45) is 13.7. The van der Waals surface area contributed by atoms with Crippen LogP contribution in [-0.4, -0.2) is 54.4 Å². The molecule has 0 saturated heterocycles. The number of hydrogen-bond donors (Lipinski definition) is 0. The summed E-state index contributed by atoms with van der Waals surface area (Å²) >= 11 is 0. The summed E-state index contributed by atoms with van der Waals surface area (Å²) in [7, 11) is 2.08. The SMILES string of the molecule is Cc1ccc2oc3cccnc3c2c1.Cc1ccccn1.Cc1ccncn1.Cc1cnccn1.Cc1nc(-c2ccccc2)nc(-c2ccccc2)n1.Cn1c2ccccc2c2ncccc21. The molecule has 0 spiro atoms. The number of benzene rings is 4. The first-order valence-electron chi connectivity index (χ1n) is 21.9. The van der Waals surface area contributed by atoms with E-state index in [4.69, 9.17) is 4.42 Å². The van der Waals surface area contributed by atoms with E-state index >= 15 is 0 Å². The molecular weight excluding hydrogens is 843 g/mol. The summed E-state index contributed by atoms with van der Waals surface area (Å²) in [6.45, 7) is 9.77. The van der Waals surface area contributed by atoms with Crippen LogP contribution in [0.4, 0.5) is 0 Å². The molecule has 68 heavy (non-hydrogen) atoms. The molecule has 0 unspecified atom stereocenters. The molecule has 12 aromatic rings. The van der Waals surface area contributed by atoms with Gasteiger partial charge < -0.3 is 8.98 Å². The third-order valence-corrected chi connectivity index (χ3v) is 10.1. The molecule has 0 aliphatic carbocycles. The number of rotatable bonds is 2. The number of hydrogen-bond acceptors (Lipinski definition) is 11. The van der Waals surface area contributed by atoms with Gasteiger partial charge in [0.15, 0.2) is 17.2 Å². The molecule has 336 valence electrons. The standard InChI is InChI=1S/C16H13N3.C12H10N2.C12H9NO.C6H7N.2C5H6N2/c1-12-17-15(13-8-4-2-5-9-13)19-16(18-12)14-10-6-3-7-11-14;1-14-10-6-3-2-5-9(10)12-11(14)7-4-8-13-12;1-8-4-5-10-9(7-8)12-11(14-10)3-2-6-13-12;1-6-4-2-3-5-7-6;1-5-4-6-2-3-7-5;1-5-2-3-6-4-7-5/h2-11H,1H3;2-8H,1H3;2-7H,1H3;2-5H,1H3;2*2-4H,1H3. The predicted octanol–water partition coefficient (Wildman–Crippen LogP) is 12.5. The molecular formula is C56H51N11O. The summed E-state index contributed by atoms with van der Waals surface area (Å²) in [4.78, 5) is 41.4. The number of furan rings is 1. The van der Waals surface area contributed by atoms with Crippen LogP contribution in [0.15, 0.2) is 206 Å². The fraction of sp³-hybridized carbons (Fsp3) is 0.107. The molecule has 0 fully saturated rings. The molecule has 8 aromatic heterocycles. The Labute approximate surface area is 395 Å². The van der Waals surface area contributed by atoms with Gasteiger partial charge in [-0.05, 0) is 95.3 Å². The van der Waals surface area contributed by atoms with Gasteiger partial charge in [-0.2, -0.15) is 0 Å². The summed E-state index contributed by atoms with van der Waals surface area (Å²) in [5.74, 6) is 2.16. The Morgan fingerprint density at radius 1 is 0.412 bits per heavy atom. The van der Waals surface area contributed by atoms with Crippen LogP contribution in [0.2, 0.25) is 0 Å². The second-order valence-electron chi connectivity index (χ2n) is 15.3. The molecule has 0 N–H and O–H groups in total. The zero-order chi connectivity index (χ0) is 47.5. The third-order valence-electron chi connectivity index (χ3n) is 10.1. The fourth-order valence-electron chi connectivity index (χ4n) is 6.78. The van der Waals surface area contributed by atoms with Crippen molar-refractivity contribution in [1.82, 2.24) is 54.4 Å². The van der Waals surface area contributed by atoms with Gasteiger partial charge in [-0.15, -0.1) is 0 Å². The normalized spacial score (nSPS) is 10.2. The highest BCUT2D eigenvalue weighted by Crippen LogP contribution is 2.28. The van der Waals surface area contributed by atoms with Crippen molar-refractivity contribution >= 4 is 44.0 Å². The fourth-order valence-corrected chi connectivity index (χ4v) is 6.78. The Morgan fingerprint density at radius 2 is 1.03 bits per heavy atom. The van der Waals surface area contributed by atoms with Crippen molar-refractivity contribution < 1.29 is 4.42 Å². The Bertz CT molecular complexity index is 3200. The molecule has 0 saturated carbocycles. The molecule has 8 heterocycles. The first-order chi connectivity index (χ1) is 33.2. The van der Waals surface area contributed by atoms with E-state index in [0.717, 1.165) is 61.6 Å². The summed E-state index contributed by atoms with van der Waals surface area (Å²) in [6, 6.07) is 50.0. The third kappa shape index (κ3) is 13.1. The van der Waals surface area contributed by atoms with Crippen LogP contribution < -0.4 is 0 Å². The van der Waals surface area contributed by atoms with Crippen molar-refractivity contribution in [3.63, 3.8) is 0 Å². The Kier molecular flexibility index (Phi) is 16.5. The van der Waals surface area contributed by atoms with E-state index in [2.05, 4.69) is 105 Å². The van der Waals surface area contributed by atoms with E-state index in [9.17, 15) is 0 Å². The Balaban J connectivity index is 0.000000126. The zero-order valence-corrected chi connectivity index (χ0v) is 38.9. The van der Waals surface area contributed by atoms with Gasteiger partial charge in [-0.3, -0.25) is 24.9 Å². The van der Waals surface area contributed by atoms with Crippen molar-refractivity contribution in [1.29, 1.82) is 0 Å². The predicted molar refractivity (Wildman–Crippen MR) is 272 cm³/mol. The molecule has 0 radical (unpaired) electrons. The van der Waals surface area contributed by atoms with Gasteiger partial charge in [0.1, 0.15) is 23.3 Å². The van der Waals surface area contributed by atoms with Crippen molar-refractivity contribution in [3.8, 4) is 22.8 Å². The molecule has 0 amide bonds. The van der Waals surface area contributed by atoms with Gasteiger partial charge in [0.05, 0.1) is 22.2 Å². The quantitative estimate of drug-likeness (QED) is 0.163. The number of para-hydroxylation sites is 1. The van der Waals surface area contributed by atoms with Crippen LogP contribution in [0.3, 0.4) is 0 Å². The van der Waals surface area contributed by atoms with E-state index in [1.165, 1.54) is 28.3 Å². The molecule has 0 aliphatic rings. The van der Waals surface area contributed by atoms with Crippen LogP contribution in [0, 0.1) is 34.6 Å². The first-order valence-corrected chi connectivity index (χ1v) is 21.9. The van der Waals surface area contributed by atoms with Gasteiger partial charge in [0.25, 0.3) is 0 Å². The smallest absolute Gasteiger partial charge is 0.163 e. The number of pyridine rings is 3. The number of aromatic nitrogens is 11. The lowest BCUT2D eigenvalue weighted by Crippen LogP contribution is -1.99. The van der Waals surface area contributed by atoms with Crippen LogP contribution in [0.25, 0.3) is 66.8 Å². The van der Waals surface area contributed by atoms with Crippen LogP contribution >= 0.6 is 0 Å². The highest BCUT2D eigenvalue weighted by Gasteiger charge is 2.09. The van der Waals surface area contributed by atoms with E-state index < -0.39 is 0 Å². The van der Waals surface area contributed by atoms with Crippen LogP contribution in [0.5, 0.6) is 0 Å². The lowest BCUT2D eigenvalue weighted by Gasteiger charge is -2.05. The van der Waals surface area contributed by atoms with Crippen LogP contribution in [0.1, 0.15) is 28.5 Å². The monoisotopic (exact) mass is 893 g/mol. The summed E-state index contributed by atoms with van der Waals surface area (Å²) in [5.41, 5.74) is 12.5. The minimum absolute atomic E-state index is 0.715. The minimum Gasteiger partial charge on any atom is -0.454 e. The molecule has 12 rings (SSSR count). The molecule has 12 heteroatoms. The maximum absolute atomic E-state index is 5.64. The first kappa shape index (κ1) is 47.1.